The summed E-state index contributed by atoms with van der Waals surface area (Å²) in [6.07, 6.45) is 8.32. The fourth-order valence-electron chi connectivity index (χ4n) is 10.8. The summed E-state index contributed by atoms with van der Waals surface area (Å²) in [7, 11) is 0. The molecule has 4 aromatic rings. The number of benzene rings is 3. The summed E-state index contributed by atoms with van der Waals surface area (Å²) in [5, 5.41) is 12.5. The van der Waals surface area contributed by atoms with Gasteiger partial charge in [-0.2, -0.15) is 0 Å². The second-order valence-electron chi connectivity index (χ2n) is 17.5. The van der Waals surface area contributed by atoms with Crippen LogP contribution in [0.4, 0.5) is 5.82 Å². The van der Waals surface area contributed by atoms with E-state index in [1.165, 1.54) is 22.3 Å². The zero-order chi connectivity index (χ0) is 40.4. The number of aromatic hydroxyl groups is 1. The normalized spacial score (nSPS) is 23.9. The third-order valence-corrected chi connectivity index (χ3v) is 14.2. The van der Waals surface area contributed by atoms with Crippen LogP contribution < -0.4 is 10.2 Å². The molecule has 0 radical (unpaired) electrons. The predicted octanol–water partition coefficient (Wildman–Crippen LogP) is 5.28. The van der Waals surface area contributed by atoms with Crippen molar-refractivity contribution in [2.75, 3.05) is 37.6 Å². The quantitative estimate of drug-likeness (QED) is 0.250. The SMILES string of the molecule is O=C1CCC(N2C(=O)c3cc4c(cc3C2=O)CN(CC(=O)N2CCC3(CC2)CCN(c2ccc([C@H]5c6ccc(O)cc6CC[C@H]5c5ccccc5)cn2)CC3)C4)C(=O)N1. The maximum Gasteiger partial charge on any atom is 0.262 e. The van der Waals surface area contributed by atoms with Crippen molar-refractivity contribution in [1.29, 1.82) is 0 Å². The number of phenols is 1. The number of nitrogens with zero attached hydrogens (tertiary/aromatic N) is 5. The summed E-state index contributed by atoms with van der Waals surface area (Å²) < 4.78 is 0. The number of rotatable bonds is 6. The molecular formula is C47H48N6O6. The lowest BCUT2D eigenvalue weighted by Gasteiger charge is -2.47. The number of likely N-dealkylation sites (tertiary alicyclic amines) is 1. The lowest BCUT2D eigenvalue weighted by atomic mass is 9.69. The number of carbonyl (C=O) groups excluding carboxylic acids is 5. The Bertz CT molecular complexity index is 2320. The van der Waals surface area contributed by atoms with Gasteiger partial charge in [-0.25, -0.2) is 4.98 Å². The molecule has 10 rings (SSSR count). The van der Waals surface area contributed by atoms with E-state index in [1.54, 1.807) is 18.2 Å². The Kier molecular flexibility index (Phi) is 9.34. The third-order valence-electron chi connectivity index (χ3n) is 14.2. The number of amides is 5. The largest absolute Gasteiger partial charge is 0.508 e. The van der Waals surface area contributed by atoms with Crippen molar-refractivity contribution in [3.8, 4) is 5.75 Å². The molecule has 6 aliphatic rings. The van der Waals surface area contributed by atoms with Crippen LogP contribution in [-0.4, -0.2) is 93.1 Å². The number of fused-ring (bicyclic) bond motifs is 3. The van der Waals surface area contributed by atoms with E-state index in [1.807, 2.05) is 11.0 Å². The zero-order valence-corrected chi connectivity index (χ0v) is 33.1. The Morgan fingerprint density at radius 1 is 0.763 bits per heavy atom. The minimum absolute atomic E-state index is 0.0787. The Morgan fingerprint density at radius 2 is 1.46 bits per heavy atom. The molecule has 302 valence electrons. The molecule has 0 bridgehead atoms. The van der Waals surface area contributed by atoms with Crippen LogP contribution in [0.5, 0.6) is 5.75 Å². The molecule has 2 N–H and O–H groups in total. The highest BCUT2D eigenvalue weighted by Crippen LogP contribution is 2.47. The van der Waals surface area contributed by atoms with E-state index >= 15 is 0 Å². The van der Waals surface area contributed by atoms with Crippen LogP contribution in [0, 0.1) is 5.41 Å². The summed E-state index contributed by atoms with van der Waals surface area (Å²) in [4.78, 5) is 76.9. The highest BCUT2D eigenvalue weighted by molar-refractivity contribution is 6.23. The highest BCUT2D eigenvalue weighted by atomic mass is 16.3. The predicted molar refractivity (Wildman–Crippen MR) is 219 cm³/mol. The van der Waals surface area contributed by atoms with Crippen molar-refractivity contribution < 1.29 is 29.1 Å². The van der Waals surface area contributed by atoms with Gasteiger partial charge in [0.2, 0.25) is 17.7 Å². The van der Waals surface area contributed by atoms with Gasteiger partial charge in [-0.3, -0.25) is 39.1 Å². The first-order valence-electron chi connectivity index (χ1n) is 21.1. The molecule has 1 unspecified atom stereocenters. The number of phenolic OH excluding ortho intramolecular Hbond substituents is 1. The molecule has 1 spiro atoms. The summed E-state index contributed by atoms with van der Waals surface area (Å²) in [5.41, 5.74) is 7.61. The first-order chi connectivity index (χ1) is 28.6. The van der Waals surface area contributed by atoms with E-state index < -0.39 is 29.7 Å². The zero-order valence-electron chi connectivity index (χ0n) is 33.1. The van der Waals surface area contributed by atoms with Gasteiger partial charge in [0, 0.05) is 57.8 Å². The summed E-state index contributed by atoms with van der Waals surface area (Å²) >= 11 is 0. The van der Waals surface area contributed by atoms with E-state index in [4.69, 9.17) is 4.98 Å². The fourth-order valence-corrected chi connectivity index (χ4v) is 10.8. The van der Waals surface area contributed by atoms with Crippen molar-refractivity contribution in [2.45, 2.75) is 82.3 Å². The number of pyridine rings is 1. The minimum Gasteiger partial charge on any atom is -0.508 e. The topological polar surface area (TPSA) is 143 Å². The molecule has 1 aromatic heterocycles. The smallest absolute Gasteiger partial charge is 0.262 e. The molecule has 0 saturated carbocycles. The lowest BCUT2D eigenvalue weighted by Crippen LogP contribution is -2.54. The molecule has 59 heavy (non-hydrogen) atoms. The van der Waals surface area contributed by atoms with Gasteiger partial charge < -0.3 is 14.9 Å². The highest BCUT2D eigenvalue weighted by Gasteiger charge is 2.46. The summed E-state index contributed by atoms with van der Waals surface area (Å²) in [6, 6.07) is 23.5. The maximum atomic E-state index is 13.6. The Hall–Kier alpha value is -5.88. The van der Waals surface area contributed by atoms with Gasteiger partial charge in [0.15, 0.2) is 0 Å². The monoisotopic (exact) mass is 792 g/mol. The molecule has 3 atom stereocenters. The van der Waals surface area contributed by atoms with Crippen LogP contribution >= 0.6 is 0 Å². The molecule has 12 heteroatoms. The van der Waals surface area contributed by atoms with Gasteiger partial charge in [0.1, 0.15) is 17.6 Å². The first kappa shape index (κ1) is 37.4. The van der Waals surface area contributed by atoms with Gasteiger partial charge in [-0.15, -0.1) is 0 Å². The Morgan fingerprint density at radius 3 is 2.12 bits per heavy atom. The molecule has 1 aliphatic carbocycles. The molecule has 3 fully saturated rings. The Balaban J connectivity index is 0.732. The number of carbonyl (C=O) groups is 5. The number of hydrogen-bond donors (Lipinski definition) is 2. The number of hydrogen-bond acceptors (Lipinski definition) is 9. The van der Waals surface area contributed by atoms with Crippen LogP contribution in [0.2, 0.25) is 0 Å². The van der Waals surface area contributed by atoms with Crippen molar-refractivity contribution in [3.63, 3.8) is 0 Å². The van der Waals surface area contributed by atoms with Gasteiger partial charge in [0.05, 0.1) is 17.7 Å². The average Bonchev–Trinajstić information content (AvgIpc) is 3.75. The third kappa shape index (κ3) is 6.76. The molecule has 12 nitrogen and oxygen atoms in total. The van der Waals surface area contributed by atoms with Crippen molar-refractivity contribution in [2.24, 2.45) is 5.41 Å². The van der Waals surface area contributed by atoms with Gasteiger partial charge >= 0.3 is 0 Å². The van der Waals surface area contributed by atoms with Crippen molar-refractivity contribution in [3.05, 3.63) is 124 Å². The van der Waals surface area contributed by atoms with Gasteiger partial charge in [-0.1, -0.05) is 42.5 Å². The molecule has 6 heterocycles. The first-order valence-corrected chi connectivity index (χ1v) is 21.1. The molecule has 5 aliphatic heterocycles. The van der Waals surface area contributed by atoms with Gasteiger partial charge in [-0.05, 0) is 120 Å². The van der Waals surface area contributed by atoms with Crippen molar-refractivity contribution in [1.82, 2.24) is 25.0 Å². The molecule has 3 aromatic carbocycles. The van der Waals surface area contributed by atoms with Crippen LogP contribution in [-0.2, 0) is 33.9 Å². The fraction of sp³-hybridized carbons (Fsp3) is 0.404. The summed E-state index contributed by atoms with van der Waals surface area (Å²) in [6.45, 7) is 4.63. The number of piperidine rings is 3. The molecule has 3 saturated heterocycles. The van der Waals surface area contributed by atoms with E-state index in [-0.39, 0.29) is 47.8 Å². The number of nitrogens with one attached hydrogen (secondary N) is 1. The van der Waals surface area contributed by atoms with E-state index in [0.717, 1.165) is 86.5 Å². The standard InChI is InChI=1S/C47H48N6O6/c54-34-8-10-36-30(22-34)6-9-35(29-4-2-1-3-5-29)43(36)31-7-12-40(48-25-31)51-18-14-47(15-19-51)16-20-52(21-17-47)42(56)28-50-26-32-23-37-38(24-33(32)27-50)46(59)53(45(37)58)39-11-13-41(55)49-44(39)57/h1-5,7-8,10,12,22-25,35,39,43,54H,6,9,11,13-21,26-28H2,(H,49,55,57)/t35-,39?,43+/m0/s1. The second kappa shape index (κ2) is 14.7. The van der Waals surface area contributed by atoms with Gasteiger partial charge in [0.25, 0.3) is 11.8 Å². The number of aromatic nitrogens is 1. The average molecular weight is 793 g/mol. The van der Waals surface area contributed by atoms with Crippen LogP contribution in [0.25, 0.3) is 0 Å². The number of imide groups is 2. The number of anilines is 1. The molecular weight excluding hydrogens is 745 g/mol. The second-order valence-corrected chi connectivity index (χ2v) is 17.5. The van der Waals surface area contributed by atoms with E-state index in [9.17, 15) is 29.1 Å². The Labute approximate surface area is 343 Å². The number of aryl methyl sites for hydroxylation is 1. The van der Waals surface area contributed by atoms with E-state index in [2.05, 4.69) is 69.8 Å². The van der Waals surface area contributed by atoms with Crippen molar-refractivity contribution >= 4 is 35.4 Å². The van der Waals surface area contributed by atoms with Crippen LogP contribution in [0.1, 0.15) is 111 Å². The maximum absolute atomic E-state index is 13.6. The molecule has 5 amide bonds. The summed E-state index contributed by atoms with van der Waals surface area (Å²) in [5.74, 6) is -0.126. The lowest BCUT2D eigenvalue weighted by molar-refractivity contribution is -0.137. The van der Waals surface area contributed by atoms with Crippen LogP contribution in [0.15, 0.2) is 79.0 Å². The van der Waals surface area contributed by atoms with Crippen LogP contribution in [0.3, 0.4) is 0 Å². The minimum atomic E-state index is -0.993. The van der Waals surface area contributed by atoms with E-state index in [0.29, 0.717) is 24.8 Å².